The number of H-pyrrole nitrogens is 1. The lowest BCUT2D eigenvalue weighted by Crippen LogP contribution is -2.13. The fourth-order valence-corrected chi connectivity index (χ4v) is 1.70. The average Bonchev–Trinajstić information content (AvgIpc) is 2.15. The lowest BCUT2D eigenvalue weighted by atomic mass is 10.1. The molecule has 2 aromatic rings. The van der Waals surface area contributed by atoms with Crippen molar-refractivity contribution in [2.75, 3.05) is 5.73 Å². The van der Waals surface area contributed by atoms with E-state index in [1.165, 1.54) is 0 Å². The van der Waals surface area contributed by atoms with Gasteiger partial charge in [0.15, 0.2) is 0 Å². The number of allylic oxidation sites excluding steroid dienone is 1. The van der Waals surface area contributed by atoms with Crippen LogP contribution in [-0.2, 0) is 0 Å². The molecule has 2 rings (SSSR count). The summed E-state index contributed by atoms with van der Waals surface area (Å²) in [7, 11) is 0. The highest BCUT2D eigenvalue weighted by atomic mass is 16.1. The molecule has 3 N–H and O–H groups in total. The summed E-state index contributed by atoms with van der Waals surface area (Å²) < 4.78 is 0. The predicted molar refractivity (Wildman–Crippen MR) is 66.1 cm³/mol. The standard InChI is InChI=1S/C12H13N3O/c1-7(2)6-8-4-3-5-9-10(8)11(13)15-12(16)14-9/h3-6H,1-2H3,(H3,13,14,15,16). The topological polar surface area (TPSA) is 71.8 Å². The molecule has 0 fully saturated rings. The zero-order valence-corrected chi connectivity index (χ0v) is 9.24. The van der Waals surface area contributed by atoms with Gasteiger partial charge in [0.25, 0.3) is 0 Å². The Morgan fingerprint density at radius 3 is 2.88 bits per heavy atom. The number of nitrogens with zero attached hydrogens (tertiary/aromatic N) is 1. The number of anilines is 1. The van der Waals surface area contributed by atoms with Gasteiger partial charge in [-0.1, -0.05) is 23.8 Å². The van der Waals surface area contributed by atoms with E-state index in [4.69, 9.17) is 5.73 Å². The largest absolute Gasteiger partial charge is 0.383 e. The molecule has 0 aliphatic heterocycles. The van der Waals surface area contributed by atoms with Gasteiger partial charge < -0.3 is 10.7 Å². The minimum absolute atomic E-state index is 0.270. The number of aromatic amines is 1. The summed E-state index contributed by atoms with van der Waals surface area (Å²) in [6.07, 6.45) is 2.01. The van der Waals surface area contributed by atoms with Crippen molar-refractivity contribution in [1.29, 1.82) is 0 Å². The normalized spacial score (nSPS) is 10.4. The number of rotatable bonds is 1. The number of nitrogens with two attached hydrogens (primary N) is 1. The average molecular weight is 215 g/mol. The van der Waals surface area contributed by atoms with E-state index in [0.29, 0.717) is 5.52 Å². The third-order valence-electron chi connectivity index (χ3n) is 2.26. The molecule has 1 aromatic heterocycles. The first-order valence-corrected chi connectivity index (χ1v) is 5.01. The van der Waals surface area contributed by atoms with Crippen LogP contribution >= 0.6 is 0 Å². The summed E-state index contributed by atoms with van der Waals surface area (Å²) in [6.45, 7) is 4.02. The summed E-state index contributed by atoms with van der Waals surface area (Å²) in [5, 5.41) is 0.795. The van der Waals surface area contributed by atoms with Gasteiger partial charge in [0.1, 0.15) is 5.82 Å². The SMILES string of the molecule is CC(C)=Cc1cccc2[nH]c(=O)nc(N)c12. The molecule has 0 unspecified atom stereocenters. The molecule has 82 valence electrons. The fourth-order valence-electron chi connectivity index (χ4n) is 1.70. The molecule has 0 bridgehead atoms. The van der Waals surface area contributed by atoms with Gasteiger partial charge in [-0.3, -0.25) is 0 Å². The number of benzene rings is 1. The van der Waals surface area contributed by atoms with Crippen molar-refractivity contribution in [2.45, 2.75) is 13.8 Å². The minimum Gasteiger partial charge on any atom is -0.383 e. The van der Waals surface area contributed by atoms with Crippen molar-refractivity contribution >= 4 is 22.8 Å². The molecule has 0 saturated carbocycles. The molecule has 0 atom stereocenters. The third kappa shape index (κ3) is 1.82. The number of nitrogen functional groups attached to an aromatic ring is 1. The van der Waals surface area contributed by atoms with E-state index in [9.17, 15) is 4.79 Å². The van der Waals surface area contributed by atoms with Crippen molar-refractivity contribution in [2.24, 2.45) is 0 Å². The first kappa shape index (κ1) is 10.4. The molecule has 1 heterocycles. The van der Waals surface area contributed by atoms with Crippen molar-refractivity contribution in [3.63, 3.8) is 0 Å². The number of nitrogens with one attached hydrogen (secondary N) is 1. The Balaban J connectivity index is 2.87. The van der Waals surface area contributed by atoms with Crippen molar-refractivity contribution < 1.29 is 0 Å². The monoisotopic (exact) mass is 215 g/mol. The van der Waals surface area contributed by atoms with E-state index < -0.39 is 5.69 Å². The summed E-state index contributed by atoms with van der Waals surface area (Å²) in [5.74, 6) is 0.270. The molecule has 4 nitrogen and oxygen atoms in total. The molecule has 0 amide bonds. The second-order valence-electron chi connectivity index (χ2n) is 3.92. The van der Waals surface area contributed by atoms with E-state index in [-0.39, 0.29) is 5.82 Å². The van der Waals surface area contributed by atoms with Crippen LogP contribution in [0, 0.1) is 0 Å². The van der Waals surface area contributed by atoms with Crippen molar-refractivity contribution in [3.8, 4) is 0 Å². The van der Waals surface area contributed by atoms with Gasteiger partial charge in [0.05, 0.1) is 5.52 Å². The second kappa shape index (κ2) is 3.81. The van der Waals surface area contributed by atoms with Gasteiger partial charge in [0, 0.05) is 5.39 Å². The zero-order valence-electron chi connectivity index (χ0n) is 9.24. The first-order chi connectivity index (χ1) is 7.58. The Labute approximate surface area is 92.8 Å². The molecule has 0 saturated heterocycles. The van der Waals surface area contributed by atoms with Gasteiger partial charge in [0.2, 0.25) is 0 Å². The first-order valence-electron chi connectivity index (χ1n) is 5.01. The van der Waals surface area contributed by atoms with E-state index in [0.717, 1.165) is 16.5 Å². The van der Waals surface area contributed by atoms with Crippen LogP contribution in [0.1, 0.15) is 19.4 Å². The van der Waals surface area contributed by atoms with E-state index in [1.54, 1.807) is 0 Å². The number of hydrogen-bond acceptors (Lipinski definition) is 3. The van der Waals surface area contributed by atoms with Gasteiger partial charge >= 0.3 is 5.69 Å². The molecule has 1 aromatic carbocycles. The van der Waals surface area contributed by atoms with Gasteiger partial charge in [-0.2, -0.15) is 4.98 Å². The van der Waals surface area contributed by atoms with Crippen LogP contribution in [0.15, 0.2) is 28.6 Å². The maximum atomic E-state index is 11.2. The van der Waals surface area contributed by atoms with Crippen molar-refractivity contribution in [3.05, 3.63) is 39.8 Å². The van der Waals surface area contributed by atoms with E-state index >= 15 is 0 Å². The molecule has 16 heavy (non-hydrogen) atoms. The van der Waals surface area contributed by atoms with Crippen LogP contribution in [-0.4, -0.2) is 9.97 Å². The molecule has 4 heteroatoms. The Kier molecular flexibility index (Phi) is 2.48. The third-order valence-corrected chi connectivity index (χ3v) is 2.26. The van der Waals surface area contributed by atoms with E-state index in [2.05, 4.69) is 9.97 Å². The number of hydrogen-bond donors (Lipinski definition) is 2. The van der Waals surface area contributed by atoms with E-state index in [1.807, 2.05) is 38.1 Å². The fraction of sp³-hybridized carbons (Fsp3) is 0.167. The van der Waals surface area contributed by atoms with Crippen LogP contribution < -0.4 is 11.4 Å². The molecule has 0 radical (unpaired) electrons. The Bertz CT molecular complexity index is 622. The maximum Gasteiger partial charge on any atom is 0.347 e. The summed E-state index contributed by atoms with van der Waals surface area (Å²) in [4.78, 5) is 17.6. The van der Waals surface area contributed by atoms with Crippen LogP contribution in [0.25, 0.3) is 17.0 Å². The van der Waals surface area contributed by atoms with Crippen molar-refractivity contribution in [1.82, 2.24) is 9.97 Å². The lowest BCUT2D eigenvalue weighted by molar-refractivity contribution is 1.13. The molecule has 0 aliphatic rings. The Morgan fingerprint density at radius 2 is 2.19 bits per heavy atom. The highest BCUT2D eigenvalue weighted by Crippen LogP contribution is 2.22. The predicted octanol–water partition coefficient (Wildman–Crippen LogP) is 1.93. The molecule has 0 spiro atoms. The molecular weight excluding hydrogens is 202 g/mol. The summed E-state index contributed by atoms with van der Waals surface area (Å²) >= 11 is 0. The quantitative estimate of drug-likeness (QED) is 0.763. The molecule has 0 aliphatic carbocycles. The highest BCUT2D eigenvalue weighted by Gasteiger charge is 2.05. The van der Waals surface area contributed by atoms with Crippen LogP contribution in [0.3, 0.4) is 0 Å². The van der Waals surface area contributed by atoms with Crippen LogP contribution in [0.5, 0.6) is 0 Å². The maximum absolute atomic E-state index is 11.2. The smallest absolute Gasteiger partial charge is 0.347 e. The summed E-state index contributed by atoms with van der Waals surface area (Å²) in [5.41, 5.74) is 8.21. The minimum atomic E-state index is -0.417. The van der Waals surface area contributed by atoms with Crippen LogP contribution in [0.4, 0.5) is 5.82 Å². The highest BCUT2D eigenvalue weighted by molar-refractivity contribution is 5.95. The van der Waals surface area contributed by atoms with Gasteiger partial charge in [-0.25, -0.2) is 4.79 Å². The molecular formula is C12H13N3O. The lowest BCUT2D eigenvalue weighted by Gasteiger charge is -2.04. The second-order valence-corrected chi connectivity index (χ2v) is 3.92. The van der Waals surface area contributed by atoms with Gasteiger partial charge in [-0.15, -0.1) is 0 Å². The Hall–Kier alpha value is -2.10. The zero-order chi connectivity index (χ0) is 11.7. The van der Waals surface area contributed by atoms with Gasteiger partial charge in [-0.05, 0) is 25.5 Å². The number of fused-ring (bicyclic) bond motifs is 1. The Morgan fingerprint density at radius 1 is 1.44 bits per heavy atom. The summed E-state index contributed by atoms with van der Waals surface area (Å²) in [6, 6.07) is 5.65. The number of aromatic nitrogens is 2. The van der Waals surface area contributed by atoms with Crippen LogP contribution in [0.2, 0.25) is 0 Å².